The molecule has 1 aliphatic heterocycles. The number of benzene rings is 3. The molecule has 0 saturated heterocycles. The zero-order chi connectivity index (χ0) is 23.4. The summed E-state index contributed by atoms with van der Waals surface area (Å²) in [6.07, 6.45) is 1.67. The molecule has 8 heteroatoms. The first-order valence-electron chi connectivity index (χ1n) is 10.0. The topological polar surface area (TPSA) is 57.1 Å². The Morgan fingerprint density at radius 2 is 1.85 bits per heavy atom. The van der Waals surface area contributed by atoms with Crippen LogP contribution in [-0.2, 0) is 16.1 Å². The number of rotatable bonds is 7. The molecule has 0 unspecified atom stereocenters. The van der Waals surface area contributed by atoms with E-state index in [-0.39, 0.29) is 11.6 Å². The molecule has 3 aromatic carbocycles. The molecule has 5 nitrogen and oxygen atoms in total. The maximum absolute atomic E-state index is 12.4. The molecule has 33 heavy (non-hydrogen) atoms. The first kappa shape index (κ1) is 23.8. The van der Waals surface area contributed by atoms with E-state index in [1.165, 1.54) is 0 Å². The van der Waals surface area contributed by atoms with Crippen molar-refractivity contribution in [3.8, 4) is 11.5 Å². The second kappa shape index (κ2) is 10.7. The Morgan fingerprint density at radius 3 is 2.58 bits per heavy atom. The van der Waals surface area contributed by atoms with Crippen LogP contribution in [0.15, 0.2) is 75.8 Å². The Labute approximate surface area is 218 Å². The Bertz CT molecular complexity index is 1260. The highest BCUT2D eigenvalue weighted by atomic mass is 127. The number of hydrogen-bond donors (Lipinski definition) is 0. The summed E-state index contributed by atoms with van der Waals surface area (Å²) in [4.78, 5) is 16.8. The molecule has 3 aromatic rings. The van der Waals surface area contributed by atoms with Crippen LogP contribution in [-0.4, -0.2) is 18.5 Å². The molecule has 0 N–H and O–H groups in total. The van der Waals surface area contributed by atoms with Gasteiger partial charge < -0.3 is 14.2 Å². The van der Waals surface area contributed by atoms with Crippen LogP contribution in [0, 0.1) is 3.57 Å². The maximum atomic E-state index is 12.4. The van der Waals surface area contributed by atoms with Crippen molar-refractivity contribution < 1.29 is 19.0 Å². The van der Waals surface area contributed by atoms with E-state index in [9.17, 15) is 4.79 Å². The van der Waals surface area contributed by atoms with E-state index < -0.39 is 5.97 Å². The van der Waals surface area contributed by atoms with Crippen LogP contribution in [0.3, 0.4) is 0 Å². The second-order valence-electron chi connectivity index (χ2n) is 7.02. The van der Waals surface area contributed by atoms with Gasteiger partial charge in [0, 0.05) is 18.6 Å². The molecule has 0 fully saturated rings. The van der Waals surface area contributed by atoms with Crippen molar-refractivity contribution >= 4 is 68.1 Å². The summed E-state index contributed by atoms with van der Waals surface area (Å²) in [5.41, 5.74) is 2.68. The molecule has 0 aromatic heterocycles. The van der Waals surface area contributed by atoms with Gasteiger partial charge in [-0.25, -0.2) is 9.79 Å². The summed E-state index contributed by atoms with van der Waals surface area (Å²) >= 11 is 11.6. The lowest BCUT2D eigenvalue weighted by atomic mass is 10.1. The lowest BCUT2D eigenvalue weighted by Gasteiger charge is -2.13. The van der Waals surface area contributed by atoms with Crippen LogP contribution in [0.5, 0.6) is 11.5 Å². The van der Waals surface area contributed by atoms with E-state index in [0.29, 0.717) is 29.7 Å². The maximum Gasteiger partial charge on any atom is 0.363 e. The van der Waals surface area contributed by atoms with Gasteiger partial charge in [-0.1, -0.05) is 29.8 Å². The van der Waals surface area contributed by atoms with E-state index in [0.717, 1.165) is 24.7 Å². The Balaban J connectivity index is 1.56. The number of carbonyl (C=O) groups is 1. The first-order valence-corrected chi connectivity index (χ1v) is 12.3. The van der Waals surface area contributed by atoms with Crippen molar-refractivity contribution in [2.24, 2.45) is 4.99 Å². The monoisotopic (exact) mass is 637 g/mol. The SMILES string of the molecule is CCOc1cc(/C=C2\N=C(c3ccc(I)c(Br)c3)OC2=O)ccc1OCc1ccc(Cl)cc1. The first-order chi connectivity index (χ1) is 15.9. The van der Waals surface area contributed by atoms with Crippen LogP contribution < -0.4 is 9.47 Å². The highest BCUT2D eigenvalue weighted by molar-refractivity contribution is 14.1. The van der Waals surface area contributed by atoms with E-state index in [2.05, 4.69) is 43.5 Å². The van der Waals surface area contributed by atoms with Gasteiger partial charge in [-0.2, -0.15) is 0 Å². The molecule has 0 spiro atoms. The smallest absolute Gasteiger partial charge is 0.363 e. The van der Waals surface area contributed by atoms with Crippen LogP contribution in [0.25, 0.3) is 6.08 Å². The molecule has 0 radical (unpaired) electrons. The minimum Gasteiger partial charge on any atom is -0.490 e. The molecule has 0 atom stereocenters. The van der Waals surface area contributed by atoms with Crippen molar-refractivity contribution in [3.05, 3.63) is 96.1 Å². The number of esters is 1. The van der Waals surface area contributed by atoms with Gasteiger partial charge in [0.1, 0.15) is 6.61 Å². The lowest BCUT2D eigenvalue weighted by molar-refractivity contribution is -0.129. The number of cyclic esters (lactones) is 1. The van der Waals surface area contributed by atoms with E-state index in [1.807, 2.05) is 67.6 Å². The third-order valence-electron chi connectivity index (χ3n) is 4.67. The third kappa shape index (κ3) is 5.96. The van der Waals surface area contributed by atoms with Crippen molar-refractivity contribution in [1.29, 1.82) is 0 Å². The highest BCUT2D eigenvalue weighted by Gasteiger charge is 2.24. The molecular formula is C25H18BrClINO4. The van der Waals surface area contributed by atoms with Crippen molar-refractivity contribution in [2.75, 3.05) is 6.61 Å². The molecule has 0 bridgehead atoms. The van der Waals surface area contributed by atoms with Gasteiger partial charge in [-0.05, 0) is 105 Å². The van der Waals surface area contributed by atoms with Gasteiger partial charge >= 0.3 is 5.97 Å². The van der Waals surface area contributed by atoms with Crippen molar-refractivity contribution in [3.63, 3.8) is 0 Å². The fraction of sp³-hybridized carbons (Fsp3) is 0.120. The molecule has 0 saturated carbocycles. The molecule has 4 rings (SSSR count). The van der Waals surface area contributed by atoms with Gasteiger partial charge in [-0.15, -0.1) is 0 Å². The van der Waals surface area contributed by atoms with E-state index >= 15 is 0 Å². The molecule has 1 aliphatic rings. The summed E-state index contributed by atoms with van der Waals surface area (Å²) in [6, 6.07) is 18.6. The van der Waals surface area contributed by atoms with E-state index in [1.54, 1.807) is 6.08 Å². The predicted molar refractivity (Wildman–Crippen MR) is 141 cm³/mol. The average Bonchev–Trinajstić information content (AvgIpc) is 3.16. The minimum absolute atomic E-state index is 0.219. The zero-order valence-electron chi connectivity index (χ0n) is 17.5. The van der Waals surface area contributed by atoms with Crippen molar-refractivity contribution in [2.45, 2.75) is 13.5 Å². The van der Waals surface area contributed by atoms with Gasteiger partial charge in [0.05, 0.1) is 6.61 Å². The number of halogens is 3. The average molecular weight is 639 g/mol. The molecular weight excluding hydrogens is 621 g/mol. The van der Waals surface area contributed by atoms with Crippen molar-refractivity contribution in [1.82, 2.24) is 0 Å². The quantitative estimate of drug-likeness (QED) is 0.159. The fourth-order valence-electron chi connectivity index (χ4n) is 3.06. The van der Waals surface area contributed by atoms with Gasteiger partial charge in [0.25, 0.3) is 0 Å². The number of aliphatic imine (C=N–C) groups is 1. The molecule has 168 valence electrons. The normalized spacial score (nSPS) is 14.2. The Kier molecular flexibility index (Phi) is 7.72. The Hall–Kier alpha value is -2.36. The predicted octanol–water partition coefficient (Wildman–Crippen LogP) is 7.03. The van der Waals surface area contributed by atoms with Gasteiger partial charge in [0.2, 0.25) is 5.90 Å². The fourth-order valence-corrected chi connectivity index (χ4v) is 3.90. The van der Waals surface area contributed by atoms with Gasteiger partial charge in [-0.3, -0.25) is 0 Å². The minimum atomic E-state index is -0.499. The Morgan fingerprint density at radius 1 is 1.06 bits per heavy atom. The molecule has 0 amide bonds. The van der Waals surface area contributed by atoms with Crippen LogP contribution >= 0.6 is 50.1 Å². The standard InChI is InChI=1S/C25H18BrClINO4/c1-2-31-23-12-16(5-10-22(23)32-14-15-3-7-18(27)8-4-15)11-21-25(30)33-24(29-21)17-6-9-20(28)19(26)13-17/h3-13H,2,14H2,1H3/b21-11-. The summed E-state index contributed by atoms with van der Waals surface area (Å²) < 4.78 is 19.0. The molecule has 1 heterocycles. The van der Waals surface area contributed by atoms with E-state index in [4.69, 9.17) is 25.8 Å². The summed E-state index contributed by atoms with van der Waals surface area (Å²) in [5, 5.41) is 0.678. The van der Waals surface area contributed by atoms with Crippen LogP contribution in [0.4, 0.5) is 0 Å². The summed E-state index contributed by atoms with van der Waals surface area (Å²) in [7, 11) is 0. The second-order valence-corrected chi connectivity index (χ2v) is 9.47. The van der Waals surface area contributed by atoms with Crippen LogP contribution in [0.2, 0.25) is 5.02 Å². The molecule has 0 aliphatic carbocycles. The highest BCUT2D eigenvalue weighted by Crippen LogP contribution is 2.31. The number of carbonyl (C=O) groups excluding carboxylic acids is 1. The number of nitrogens with zero attached hydrogens (tertiary/aromatic N) is 1. The number of ether oxygens (including phenoxy) is 3. The van der Waals surface area contributed by atoms with Crippen LogP contribution in [0.1, 0.15) is 23.6 Å². The summed E-state index contributed by atoms with van der Waals surface area (Å²) in [5.74, 6) is 0.964. The number of hydrogen-bond acceptors (Lipinski definition) is 5. The zero-order valence-corrected chi connectivity index (χ0v) is 22.0. The van der Waals surface area contributed by atoms with Gasteiger partial charge in [0.15, 0.2) is 17.2 Å². The largest absolute Gasteiger partial charge is 0.490 e. The summed E-state index contributed by atoms with van der Waals surface area (Å²) in [6.45, 7) is 2.75. The lowest BCUT2D eigenvalue weighted by Crippen LogP contribution is -2.05. The third-order valence-corrected chi connectivity index (χ3v) is 7.26.